The summed E-state index contributed by atoms with van der Waals surface area (Å²) in [7, 11) is 0. The van der Waals surface area contributed by atoms with E-state index < -0.39 is 5.51 Å². The van der Waals surface area contributed by atoms with Crippen LogP contribution in [-0.2, 0) is 0 Å². The van der Waals surface area contributed by atoms with Crippen LogP contribution >= 0.6 is 39.5 Å². The van der Waals surface area contributed by atoms with Crippen LogP contribution in [0.1, 0.15) is 0 Å². The van der Waals surface area contributed by atoms with Gasteiger partial charge in [-0.25, -0.2) is 0 Å². The zero-order valence-corrected chi connectivity index (χ0v) is 15.6. The fraction of sp³-hybridized carbons (Fsp3) is 0.133. The number of benzene rings is 2. The maximum absolute atomic E-state index is 12.6. The average Bonchev–Trinajstić information content (AvgIpc) is 2.49. The van der Waals surface area contributed by atoms with Crippen molar-refractivity contribution >= 4 is 56.8 Å². The molecule has 24 heavy (non-hydrogen) atoms. The van der Waals surface area contributed by atoms with E-state index in [1.807, 2.05) is 18.4 Å². The van der Waals surface area contributed by atoms with Gasteiger partial charge in [0.15, 0.2) is 5.96 Å². The van der Waals surface area contributed by atoms with Gasteiger partial charge in [-0.1, -0.05) is 6.07 Å². The van der Waals surface area contributed by atoms with Gasteiger partial charge in [0.1, 0.15) is 0 Å². The number of nitrogens with zero attached hydrogens (tertiary/aromatic N) is 1. The Hall–Kier alpha value is -1.32. The lowest BCUT2D eigenvalue weighted by Gasteiger charge is -2.25. The minimum absolute atomic E-state index is 0.0213. The highest BCUT2D eigenvalue weighted by Crippen LogP contribution is 2.41. The van der Waals surface area contributed by atoms with Crippen LogP contribution < -0.4 is 10.6 Å². The Kier molecular flexibility index (Phi) is 6.11. The molecule has 0 aliphatic rings. The molecule has 0 aliphatic heterocycles. The molecule has 3 nitrogen and oxygen atoms in total. The molecule has 2 aromatic rings. The van der Waals surface area contributed by atoms with E-state index in [2.05, 4.69) is 15.9 Å². The summed E-state index contributed by atoms with van der Waals surface area (Å²) in [6, 6.07) is 11.5. The number of hydrogen-bond acceptors (Lipinski definition) is 3. The van der Waals surface area contributed by atoms with Crippen molar-refractivity contribution in [3.8, 4) is 0 Å². The topological polar surface area (TPSA) is 53.1 Å². The third-order valence-corrected chi connectivity index (χ3v) is 5.06. The Labute approximate surface area is 154 Å². The molecule has 0 atom stereocenters. The number of anilines is 2. The first-order chi connectivity index (χ1) is 11.2. The van der Waals surface area contributed by atoms with Crippen LogP contribution in [0.4, 0.5) is 24.5 Å². The van der Waals surface area contributed by atoms with Crippen LogP contribution in [0.3, 0.4) is 0 Å². The van der Waals surface area contributed by atoms with E-state index in [0.717, 1.165) is 4.90 Å². The number of rotatable bonds is 4. The highest BCUT2D eigenvalue weighted by Gasteiger charge is 2.30. The van der Waals surface area contributed by atoms with E-state index >= 15 is 0 Å². The van der Waals surface area contributed by atoms with Crippen LogP contribution in [0.5, 0.6) is 0 Å². The zero-order chi connectivity index (χ0) is 17.9. The third-order valence-electron chi connectivity index (χ3n) is 2.94. The first kappa shape index (κ1) is 19.0. The van der Waals surface area contributed by atoms with E-state index in [4.69, 9.17) is 11.1 Å². The molecule has 0 radical (unpaired) electrons. The van der Waals surface area contributed by atoms with Crippen LogP contribution in [0, 0.1) is 5.41 Å². The van der Waals surface area contributed by atoms with Gasteiger partial charge in [-0.15, -0.1) is 11.8 Å². The van der Waals surface area contributed by atoms with Gasteiger partial charge in [0.25, 0.3) is 0 Å². The fourth-order valence-electron chi connectivity index (χ4n) is 2.02. The first-order valence-corrected chi connectivity index (χ1v) is 9.38. The van der Waals surface area contributed by atoms with Gasteiger partial charge in [0.05, 0.1) is 11.4 Å². The van der Waals surface area contributed by atoms with E-state index in [1.54, 1.807) is 12.1 Å². The van der Waals surface area contributed by atoms with Crippen molar-refractivity contribution < 1.29 is 13.2 Å². The second-order valence-electron chi connectivity index (χ2n) is 4.58. The lowest BCUT2D eigenvalue weighted by Crippen LogP contribution is -2.32. The summed E-state index contributed by atoms with van der Waals surface area (Å²) in [5.74, 6) is -0.289. The quantitative estimate of drug-likeness (QED) is 0.361. The number of nitrogens with one attached hydrogen (secondary N) is 1. The average molecular weight is 436 g/mol. The zero-order valence-electron chi connectivity index (χ0n) is 12.4. The molecule has 0 fully saturated rings. The molecule has 0 heterocycles. The van der Waals surface area contributed by atoms with Gasteiger partial charge in [0, 0.05) is 14.3 Å². The number of nitrogens with two attached hydrogens (primary N) is 1. The molecule has 0 amide bonds. The summed E-state index contributed by atoms with van der Waals surface area (Å²) in [5, 5.41) is 7.85. The van der Waals surface area contributed by atoms with Gasteiger partial charge >= 0.3 is 5.51 Å². The van der Waals surface area contributed by atoms with E-state index in [-0.39, 0.29) is 22.6 Å². The molecule has 0 aromatic heterocycles. The Morgan fingerprint density at radius 1 is 1.17 bits per heavy atom. The molecule has 3 N–H and O–H groups in total. The van der Waals surface area contributed by atoms with Crippen LogP contribution in [-0.4, -0.2) is 17.7 Å². The number of halogens is 4. The van der Waals surface area contributed by atoms with Crippen molar-refractivity contribution in [3.63, 3.8) is 0 Å². The number of alkyl halides is 3. The monoisotopic (exact) mass is 435 g/mol. The number of guanidine groups is 1. The summed E-state index contributed by atoms with van der Waals surface area (Å²) >= 11 is 4.63. The smallest absolute Gasteiger partial charge is 0.369 e. The molecular weight excluding hydrogens is 423 g/mol. The third kappa shape index (κ3) is 4.84. The molecular formula is C15H13BrF3N3S2. The summed E-state index contributed by atoms with van der Waals surface area (Å²) < 4.78 is 38.4. The molecule has 0 saturated heterocycles. The summed E-state index contributed by atoms with van der Waals surface area (Å²) in [6.07, 6.45) is 1.91. The van der Waals surface area contributed by atoms with Crippen molar-refractivity contribution in [2.75, 3.05) is 11.2 Å². The highest BCUT2D eigenvalue weighted by atomic mass is 79.9. The lowest BCUT2D eigenvalue weighted by atomic mass is 10.2. The lowest BCUT2D eigenvalue weighted by molar-refractivity contribution is -0.0328. The van der Waals surface area contributed by atoms with Crippen molar-refractivity contribution in [2.45, 2.75) is 15.3 Å². The van der Waals surface area contributed by atoms with Crippen LogP contribution in [0.15, 0.2) is 56.7 Å². The van der Waals surface area contributed by atoms with Crippen molar-refractivity contribution in [2.24, 2.45) is 5.73 Å². The molecule has 128 valence electrons. The minimum atomic E-state index is -4.38. The Morgan fingerprint density at radius 2 is 1.88 bits per heavy atom. The van der Waals surface area contributed by atoms with Crippen LogP contribution in [0.25, 0.3) is 0 Å². The SMILES string of the molecule is CSc1cccc(N(C(=N)N)c2cc(SC(F)(F)F)ccc2Br)c1. The van der Waals surface area contributed by atoms with Crippen molar-refractivity contribution in [3.05, 3.63) is 46.9 Å². The van der Waals surface area contributed by atoms with Gasteiger partial charge in [-0.2, -0.15) is 13.2 Å². The normalized spacial score (nSPS) is 11.4. The second-order valence-corrected chi connectivity index (χ2v) is 7.46. The number of thioether (sulfide) groups is 2. The Balaban J connectivity index is 2.51. The molecule has 0 bridgehead atoms. The molecule has 9 heteroatoms. The Bertz CT molecular complexity index is 753. The molecule has 0 aliphatic carbocycles. The maximum Gasteiger partial charge on any atom is 0.446 e. The van der Waals surface area contributed by atoms with Crippen LogP contribution in [0.2, 0.25) is 0 Å². The van der Waals surface area contributed by atoms with E-state index in [1.165, 1.54) is 34.9 Å². The summed E-state index contributed by atoms with van der Waals surface area (Å²) in [5.41, 5.74) is 2.28. The summed E-state index contributed by atoms with van der Waals surface area (Å²) in [4.78, 5) is 2.37. The maximum atomic E-state index is 12.6. The van der Waals surface area contributed by atoms with Crippen molar-refractivity contribution in [1.29, 1.82) is 5.41 Å². The molecule has 2 aromatic carbocycles. The second kappa shape index (κ2) is 7.71. The Morgan fingerprint density at radius 3 is 2.46 bits per heavy atom. The van der Waals surface area contributed by atoms with Gasteiger partial charge < -0.3 is 5.73 Å². The van der Waals surface area contributed by atoms with Gasteiger partial charge in [-0.3, -0.25) is 10.3 Å². The first-order valence-electron chi connectivity index (χ1n) is 6.55. The molecule has 0 unspecified atom stereocenters. The predicted molar refractivity (Wildman–Crippen MR) is 98.3 cm³/mol. The standard InChI is InChI=1S/C15H13BrF3N3S2/c1-23-10-4-2-3-9(7-10)22(14(20)21)13-8-11(5-6-12(13)16)24-15(17,18)19/h2-8H,1H3,(H3,20,21). The van der Waals surface area contributed by atoms with E-state index in [9.17, 15) is 13.2 Å². The van der Waals surface area contributed by atoms with Crippen molar-refractivity contribution in [1.82, 2.24) is 0 Å². The molecule has 0 saturated carbocycles. The van der Waals surface area contributed by atoms with Gasteiger partial charge in [0.2, 0.25) is 0 Å². The molecule has 0 spiro atoms. The largest absolute Gasteiger partial charge is 0.446 e. The minimum Gasteiger partial charge on any atom is -0.369 e. The fourth-order valence-corrected chi connectivity index (χ4v) is 3.47. The van der Waals surface area contributed by atoms with Gasteiger partial charge in [-0.05, 0) is 70.3 Å². The molecule has 2 rings (SSSR count). The highest BCUT2D eigenvalue weighted by molar-refractivity contribution is 9.10. The predicted octanol–water partition coefficient (Wildman–Crippen LogP) is 5.81. The summed E-state index contributed by atoms with van der Waals surface area (Å²) in [6.45, 7) is 0. The van der Waals surface area contributed by atoms with E-state index in [0.29, 0.717) is 15.8 Å². The number of hydrogen-bond donors (Lipinski definition) is 2.